The third-order valence-corrected chi connectivity index (χ3v) is 3.73. The lowest BCUT2D eigenvalue weighted by Crippen LogP contribution is -2.20. The number of nitro groups is 1. The summed E-state index contributed by atoms with van der Waals surface area (Å²) in [5.74, 6) is 0. The van der Waals surface area contributed by atoms with E-state index in [1.165, 1.54) is 23.4 Å². The number of hydrazone groups is 1. The second kappa shape index (κ2) is 7.11. The summed E-state index contributed by atoms with van der Waals surface area (Å²) in [6, 6.07) is 13.8. The van der Waals surface area contributed by atoms with Gasteiger partial charge in [0.1, 0.15) is 4.99 Å². The Morgan fingerprint density at radius 3 is 2.59 bits per heavy atom. The first kappa shape index (κ1) is 16.1. The van der Waals surface area contributed by atoms with Gasteiger partial charge in [-0.15, -0.1) is 0 Å². The van der Waals surface area contributed by atoms with E-state index in [0.717, 1.165) is 5.56 Å². The highest BCUT2D eigenvalue weighted by Crippen LogP contribution is 2.24. The highest BCUT2D eigenvalue weighted by atomic mass is 35.5. The molecule has 0 amide bonds. The molecule has 5 nitrogen and oxygen atoms in total. The third kappa shape index (κ3) is 3.66. The molecule has 0 saturated carbocycles. The van der Waals surface area contributed by atoms with Crippen LogP contribution in [0.4, 0.5) is 5.69 Å². The summed E-state index contributed by atoms with van der Waals surface area (Å²) in [7, 11) is 1.68. The molecule has 0 saturated heterocycles. The molecule has 0 radical (unpaired) electrons. The van der Waals surface area contributed by atoms with Crippen molar-refractivity contribution in [1.29, 1.82) is 0 Å². The van der Waals surface area contributed by atoms with E-state index in [1.54, 1.807) is 13.1 Å². The van der Waals surface area contributed by atoms with Gasteiger partial charge in [-0.25, -0.2) is 0 Å². The number of halogens is 1. The van der Waals surface area contributed by atoms with Crippen LogP contribution in [0.25, 0.3) is 0 Å². The predicted molar refractivity (Wildman–Crippen MR) is 91.6 cm³/mol. The summed E-state index contributed by atoms with van der Waals surface area (Å²) < 4.78 is 0. The maximum absolute atomic E-state index is 11.0. The largest absolute Gasteiger partial charge is 0.279 e. The van der Waals surface area contributed by atoms with E-state index in [9.17, 15) is 10.1 Å². The zero-order valence-electron chi connectivity index (χ0n) is 11.6. The third-order valence-electron chi connectivity index (χ3n) is 2.90. The molecule has 0 bridgehead atoms. The van der Waals surface area contributed by atoms with Crippen molar-refractivity contribution in [1.82, 2.24) is 5.01 Å². The van der Waals surface area contributed by atoms with Crippen molar-refractivity contribution in [2.75, 3.05) is 7.05 Å². The van der Waals surface area contributed by atoms with E-state index in [1.807, 2.05) is 30.3 Å². The number of benzene rings is 2. The number of rotatable bonds is 4. The van der Waals surface area contributed by atoms with E-state index in [-0.39, 0.29) is 16.3 Å². The molecular formula is C15H12ClN3O2S. The van der Waals surface area contributed by atoms with Crippen LogP contribution in [-0.2, 0) is 0 Å². The molecule has 2 rings (SSSR count). The fourth-order valence-electron chi connectivity index (χ4n) is 1.78. The Hall–Kier alpha value is -2.31. The predicted octanol–water partition coefficient (Wildman–Crippen LogP) is 3.89. The van der Waals surface area contributed by atoms with Crippen LogP contribution in [0.15, 0.2) is 53.6 Å². The van der Waals surface area contributed by atoms with Crippen molar-refractivity contribution in [3.8, 4) is 0 Å². The second-order valence-electron chi connectivity index (χ2n) is 4.37. The van der Waals surface area contributed by atoms with E-state index in [0.29, 0.717) is 4.99 Å². The Balaban J connectivity index is 2.26. The van der Waals surface area contributed by atoms with Gasteiger partial charge in [0.05, 0.1) is 21.7 Å². The van der Waals surface area contributed by atoms with Gasteiger partial charge in [0.15, 0.2) is 0 Å². The first-order valence-corrected chi connectivity index (χ1v) is 7.09. The van der Waals surface area contributed by atoms with Gasteiger partial charge in [-0.2, -0.15) is 5.10 Å². The van der Waals surface area contributed by atoms with Gasteiger partial charge in [-0.05, 0) is 6.07 Å². The number of nitrogens with zero attached hydrogens (tertiary/aromatic N) is 3. The lowest BCUT2D eigenvalue weighted by Gasteiger charge is -2.14. The van der Waals surface area contributed by atoms with Crippen molar-refractivity contribution >= 4 is 40.7 Å². The Morgan fingerprint density at radius 1 is 1.27 bits per heavy atom. The molecule has 0 N–H and O–H groups in total. The number of hydrogen-bond acceptors (Lipinski definition) is 4. The minimum absolute atomic E-state index is 0.102. The van der Waals surface area contributed by atoms with Crippen molar-refractivity contribution in [3.05, 3.63) is 74.8 Å². The molecule has 0 aromatic heterocycles. The molecule has 0 fully saturated rings. The van der Waals surface area contributed by atoms with E-state index in [2.05, 4.69) is 5.10 Å². The van der Waals surface area contributed by atoms with Crippen LogP contribution in [0, 0.1) is 10.1 Å². The number of nitro benzene ring substituents is 1. The molecule has 22 heavy (non-hydrogen) atoms. The van der Waals surface area contributed by atoms with Gasteiger partial charge in [-0.3, -0.25) is 15.1 Å². The van der Waals surface area contributed by atoms with Gasteiger partial charge >= 0.3 is 0 Å². The fraction of sp³-hybridized carbons (Fsp3) is 0.0667. The summed E-state index contributed by atoms with van der Waals surface area (Å²) in [4.78, 5) is 11.0. The lowest BCUT2D eigenvalue weighted by molar-refractivity contribution is -0.385. The Morgan fingerprint density at radius 2 is 1.95 bits per heavy atom. The van der Waals surface area contributed by atoms with E-state index >= 15 is 0 Å². The molecule has 0 spiro atoms. The summed E-state index contributed by atoms with van der Waals surface area (Å²) in [6.07, 6.45) is 1.34. The summed E-state index contributed by atoms with van der Waals surface area (Å²) >= 11 is 11.3. The lowest BCUT2D eigenvalue weighted by atomic mass is 10.2. The Bertz CT molecular complexity index is 735. The van der Waals surface area contributed by atoms with Crippen LogP contribution < -0.4 is 0 Å². The van der Waals surface area contributed by atoms with Crippen LogP contribution in [-0.4, -0.2) is 28.2 Å². The summed E-state index contributed by atoms with van der Waals surface area (Å²) in [5, 5.41) is 16.9. The Kier molecular flexibility index (Phi) is 5.19. The second-order valence-corrected chi connectivity index (χ2v) is 5.16. The molecule has 0 aliphatic rings. The van der Waals surface area contributed by atoms with Crippen molar-refractivity contribution in [3.63, 3.8) is 0 Å². The smallest absolute Gasteiger partial charge is 0.258 e. The topological polar surface area (TPSA) is 58.7 Å². The van der Waals surface area contributed by atoms with Crippen LogP contribution in [0.5, 0.6) is 0 Å². The summed E-state index contributed by atoms with van der Waals surface area (Å²) in [6.45, 7) is 0. The highest BCUT2D eigenvalue weighted by Gasteiger charge is 2.15. The zero-order chi connectivity index (χ0) is 16.1. The van der Waals surface area contributed by atoms with Crippen LogP contribution in [0.2, 0.25) is 5.02 Å². The standard InChI is InChI=1S/C15H12ClN3O2S/c1-18(15(22)11-6-3-2-4-7-11)17-10-12-13(16)8-5-9-14(12)19(20)21/h2-10H,1H3/b17-10+. The molecule has 0 unspecified atom stereocenters. The molecule has 0 aliphatic carbocycles. The van der Waals surface area contributed by atoms with Crippen LogP contribution in [0.3, 0.4) is 0 Å². The first-order valence-electron chi connectivity index (χ1n) is 6.30. The molecule has 0 heterocycles. The highest BCUT2D eigenvalue weighted by molar-refractivity contribution is 7.80. The number of hydrogen-bond donors (Lipinski definition) is 0. The van der Waals surface area contributed by atoms with Crippen molar-refractivity contribution in [2.24, 2.45) is 5.10 Å². The van der Waals surface area contributed by atoms with Gasteiger partial charge in [0, 0.05) is 18.7 Å². The molecule has 2 aromatic carbocycles. The molecule has 2 aromatic rings. The molecular weight excluding hydrogens is 322 g/mol. The van der Waals surface area contributed by atoms with Crippen molar-refractivity contribution < 1.29 is 4.92 Å². The van der Waals surface area contributed by atoms with Crippen LogP contribution in [0.1, 0.15) is 11.1 Å². The maximum Gasteiger partial charge on any atom is 0.279 e. The average molecular weight is 334 g/mol. The zero-order valence-corrected chi connectivity index (χ0v) is 13.2. The normalized spacial score (nSPS) is 10.6. The van der Waals surface area contributed by atoms with Gasteiger partial charge in [-0.1, -0.05) is 60.2 Å². The SMILES string of the molecule is CN(/N=C/c1c(Cl)cccc1[N+](=O)[O-])C(=S)c1ccccc1. The van der Waals surface area contributed by atoms with Crippen LogP contribution >= 0.6 is 23.8 Å². The fourth-order valence-corrected chi connectivity index (χ4v) is 2.18. The quantitative estimate of drug-likeness (QED) is 0.368. The van der Waals surface area contributed by atoms with Crippen molar-refractivity contribution in [2.45, 2.75) is 0 Å². The van der Waals surface area contributed by atoms with Gasteiger partial charge in [0.2, 0.25) is 0 Å². The summed E-state index contributed by atoms with van der Waals surface area (Å²) in [5.41, 5.74) is 0.984. The minimum atomic E-state index is -0.497. The Labute approximate surface area is 138 Å². The number of thiocarbonyl (C=S) groups is 1. The van der Waals surface area contributed by atoms with Gasteiger partial charge in [0.25, 0.3) is 5.69 Å². The maximum atomic E-state index is 11.0. The molecule has 0 atom stereocenters. The minimum Gasteiger partial charge on any atom is -0.258 e. The van der Waals surface area contributed by atoms with E-state index in [4.69, 9.17) is 23.8 Å². The first-order chi connectivity index (χ1) is 10.5. The molecule has 112 valence electrons. The van der Waals surface area contributed by atoms with Gasteiger partial charge < -0.3 is 0 Å². The van der Waals surface area contributed by atoms with E-state index < -0.39 is 4.92 Å². The average Bonchev–Trinajstić information content (AvgIpc) is 2.53. The molecule has 0 aliphatic heterocycles. The monoisotopic (exact) mass is 333 g/mol. The molecule has 7 heteroatoms.